The third-order valence-corrected chi connectivity index (χ3v) is 4.62. The number of nitrogens with zero attached hydrogens (tertiary/aromatic N) is 2. The van der Waals surface area contributed by atoms with Crippen LogP contribution in [0.3, 0.4) is 0 Å². The van der Waals surface area contributed by atoms with Crippen LogP contribution in [-0.4, -0.2) is 42.6 Å². The van der Waals surface area contributed by atoms with E-state index in [-0.39, 0.29) is 18.6 Å². The molecule has 0 radical (unpaired) electrons. The molecular weight excluding hydrogens is 330 g/mol. The zero-order valence-corrected chi connectivity index (χ0v) is 15.2. The zero-order valence-electron chi connectivity index (χ0n) is 15.2. The summed E-state index contributed by atoms with van der Waals surface area (Å²) in [5.41, 5.74) is 0.823. The van der Waals surface area contributed by atoms with E-state index in [0.29, 0.717) is 6.54 Å². The number of benzene rings is 2. The lowest BCUT2D eigenvalue weighted by Gasteiger charge is -2.24. The number of imide groups is 1. The van der Waals surface area contributed by atoms with Gasteiger partial charge in [-0.05, 0) is 37.2 Å². The van der Waals surface area contributed by atoms with Gasteiger partial charge in [-0.2, -0.15) is 0 Å². The summed E-state index contributed by atoms with van der Waals surface area (Å²) in [6, 6.07) is 16.6. The molecule has 0 aromatic heterocycles. The average Bonchev–Trinajstić information content (AvgIpc) is 2.87. The number of rotatable bonds is 6. The molecule has 6 nitrogen and oxygen atoms in total. The predicted molar refractivity (Wildman–Crippen MR) is 98.5 cm³/mol. The Labute approximate surface area is 153 Å². The summed E-state index contributed by atoms with van der Waals surface area (Å²) in [6.07, 6.45) is 0. The molecule has 0 unspecified atom stereocenters. The minimum absolute atomic E-state index is 0.221. The molecule has 1 saturated heterocycles. The van der Waals surface area contributed by atoms with Gasteiger partial charge in [-0.1, -0.05) is 42.5 Å². The molecule has 0 aliphatic carbocycles. The first-order valence-electron chi connectivity index (χ1n) is 8.45. The molecular formula is C20H23N3O3. The van der Waals surface area contributed by atoms with Gasteiger partial charge >= 0.3 is 6.03 Å². The fourth-order valence-corrected chi connectivity index (χ4v) is 3.13. The van der Waals surface area contributed by atoms with Crippen molar-refractivity contribution in [2.24, 2.45) is 0 Å². The first-order valence-corrected chi connectivity index (χ1v) is 8.45. The summed E-state index contributed by atoms with van der Waals surface area (Å²) < 4.78 is 5.16. The Hall–Kier alpha value is -2.86. The van der Waals surface area contributed by atoms with Crippen LogP contribution in [0.25, 0.3) is 0 Å². The molecule has 1 aliphatic rings. The number of nitrogens with one attached hydrogen (secondary N) is 1. The van der Waals surface area contributed by atoms with Gasteiger partial charge in [-0.3, -0.25) is 9.69 Å². The Kier molecular flexibility index (Phi) is 4.95. The number of carbonyl (C=O) groups excluding carboxylic acids is 2. The maximum absolute atomic E-state index is 12.9. The average molecular weight is 353 g/mol. The molecule has 26 heavy (non-hydrogen) atoms. The lowest BCUT2D eigenvalue weighted by molar-refractivity contribution is -0.132. The highest BCUT2D eigenvalue weighted by atomic mass is 16.5. The molecule has 2 aromatic carbocycles. The Morgan fingerprint density at radius 2 is 1.73 bits per heavy atom. The van der Waals surface area contributed by atoms with E-state index in [1.54, 1.807) is 14.0 Å². The van der Waals surface area contributed by atoms with Crippen molar-refractivity contribution >= 4 is 11.9 Å². The first-order chi connectivity index (χ1) is 12.4. The van der Waals surface area contributed by atoms with E-state index in [4.69, 9.17) is 4.74 Å². The standard InChI is InChI=1S/C20H23N3O3/c1-20(16-7-5-4-6-8-16)18(24)23(19(25)21-20)14-22(2)13-15-9-11-17(26-3)12-10-15/h4-12H,13-14H2,1-3H3,(H,21,25)/t20-/m1/s1. The molecule has 1 N–H and O–H groups in total. The molecule has 1 atom stereocenters. The topological polar surface area (TPSA) is 61.9 Å². The number of methoxy groups -OCH3 is 1. The van der Waals surface area contributed by atoms with Crippen LogP contribution in [0.4, 0.5) is 4.79 Å². The van der Waals surface area contributed by atoms with Gasteiger partial charge in [0.05, 0.1) is 13.8 Å². The van der Waals surface area contributed by atoms with Crippen LogP contribution in [0.1, 0.15) is 18.1 Å². The van der Waals surface area contributed by atoms with Crippen molar-refractivity contribution in [3.05, 3.63) is 65.7 Å². The normalized spacial score (nSPS) is 19.8. The van der Waals surface area contributed by atoms with Crippen LogP contribution in [0.5, 0.6) is 5.75 Å². The second-order valence-electron chi connectivity index (χ2n) is 6.66. The van der Waals surface area contributed by atoms with E-state index in [0.717, 1.165) is 16.9 Å². The first kappa shape index (κ1) is 17.9. The van der Waals surface area contributed by atoms with Crippen molar-refractivity contribution in [1.82, 2.24) is 15.1 Å². The predicted octanol–water partition coefficient (Wildman–Crippen LogP) is 2.55. The number of urea groups is 1. The number of hydrogen-bond acceptors (Lipinski definition) is 4. The Morgan fingerprint density at radius 3 is 2.35 bits per heavy atom. The van der Waals surface area contributed by atoms with Gasteiger partial charge in [-0.15, -0.1) is 0 Å². The molecule has 6 heteroatoms. The van der Waals surface area contributed by atoms with E-state index < -0.39 is 5.54 Å². The van der Waals surface area contributed by atoms with Gasteiger partial charge < -0.3 is 10.1 Å². The van der Waals surface area contributed by atoms with Gasteiger partial charge in [0.15, 0.2) is 0 Å². The molecule has 0 saturated carbocycles. The van der Waals surface area contributed by atoms with Gasteiger partial charge in [0.2, 0.25) is 0 Å². The third-order valence-electron chi connectivity index (χ3n) is 4.62. The second-order valence-corrected chi connectivity index (χ2v) is 6.66. The smallest absolute Gasteiger partial charge is 0.326 e. The van der Waals surface area contributed by atoms with Crippen molar-refractivity contribution < 1.29 is 14.3 Å². The van der Waals surface area contributed by atoms with Gasteiger partial charge in [0, 0.05) is 6.54 Å². The number of ether oxygens (including phenoxy) is 1. The van der Waals surface area contributed by atoms with Gasteiger partial charge in [0.1, 0.15) is 11.3 Å². The van der Waals surface area contributed by atoms with Crippen molar-refractivity contribution in [3.63, 3.8) is 0 Å². The molecule has 1 heterocycles. The van der Waals surface area contributed by atoms with Crippen LogP contribution < -0.4 is 10.1 Å². The molecule has 0 bridgehead atoms. The van der Waals surface area contributed by atoms with Crippen molar-refractivity contribution in [3.8, 4) is 5.75 Å². The SMILES string of the molecule is COc1ccc(CN(C)CN2C(=O)N[C@](C)(c3ccccc3)C2=O)cc1. The maximum Gasteiger partial charge on any atom is 0.326 e. The van der Waals surface area contributed by atoms with Gasteiger partial charge in [0.25, 0.3) is 5.91 Å². The minimum atomic E-state index is -1.03. The number of amides is 3. The quantitative estimate of drug-likeness (QED) is 0.811. The Morgan fingerprint density at radius 1 is 1.08 bits per heavy atom. The number of hydrogen-bond donors (Lipinski definition) is 1. The fraction of sp³-hybridized carbons (Fsp3) is 0.300. The summed E-state index contributed by atoms with van der Waals surface area (Å²) in [6.45, 7) is 2.58. The highest BCUT2D eigenvalue weighted by molar-refractivity contribution is 6.07. The van der Waals surface area contributed by atoms with Crippen LogP contribution in [0.2, 0.25) is 0 Å². The fourth-order valence-electron chi connectivity index (χ4n) is 3.13. The summed E-state index contributed by atoms with van der Waals surface area (Å²) in [7, 11) is 3.51. The van der Waals surface area contributed by atoms with Crippen LogP contribution in [0, 0.1) is 0 Å². The largest absolute Gasteiger partial charge is 0.497 e. The zero-order chi connectivity index (χ0) is 18.7. The van der Waals surface area contributed by atoms with Crippen LogP contribution in [-0.2, 0) is 16.9 Å². The summed E-state index contributed by atoms with van der Waals surface area (Å²) in [5, 5.41) is 2.82. The third kappa shape index (κ3) is 3.41. The van der Waals surface area contributed by atoms with Gasteiger partial charge in [-0.25, -0.2) is 9.69 Å². The highest BCUT2D eigenvalue weighted by Gasteiger charge is 2.49. The lowest BCUT2D eigenvalue weighted by Crippen LogP contribution is -2.42. The molecule has 136 valence electrons. The van der Waals surface area contributed by atoms with Crippen molar-refractivity contribution in [2.75, 3.05) is 20.8 Å². The molecule has 0 spiro atoms. The monoisotopic (exact) mass is 353 g/mol. The molecule has 1 fully saturated rings. The second kappa shape index (κ2) is 7.17. The molecule has 2 aromatic rings. The van der Waals surface area contributed by atoms with E-state index in [1.165, 1.54) is 4.90 Å². The summed E-state index contributed by atoms with van der Waals surface area (Å²) >= 11 is 0. The molecule has 3 amide bonds. The molecule has 1 aliphatic heterocycles. The summed E-state index contributed by atoms with van der Waals surface area (Å²) in [5.74, 6) is 0.555. The maximum atomic E-state index is 12.9. The minimum Gasteiger partial charge on any atom is -0.497 e. The van der Waals surface area contributed by atoms with E-state index in [2.05, 4.69) is 5.32 Å². The van der Waals surface area contributed by atoms with E-state index >= 15 is 0 Å². The van der Waals surface area contributed by atoms with Crippen LogP contribution in [0.15, 0.2) is 54.6 Å². The summed E-state index contributed by atoms with van der Waals surface area (Å²) in [4.78, 5) is 28.5. The van der Waals surface area contributed by atoms with E-state index in [1.807, 2.05) is 66.5 Å². The number of carbonyl (C=O) groups is 2. The highest BCUT2D eigenvalue weighted by Crippen LogP contribution is 2.28. The Balaban J connectivity index is 1.69. The van der Waals surface area contributed by atoms with Crippen LogP contribution >= 0.6 is 0 Å². The van der Waals surface area contributed by atoms with Crippen molar-refractivity contribution in [1.29, 1.82) is 0 Å². The lowest BCUT2D eigenvalue weighted by atomic mass is 9.92. The van der Waals surface area contributed by atoms with Crippen molar-refractivity contribution in [2.45, 2.75) is 19.0 Å². The molecule has 3 rings (SSSR count). The van der Waals surface area contributed by atoms with E-state index in [9.17, 15) is 9.59 Å². The Bertz CT molecular complexity index is 792.